The topological polar surface area (TPSA) is 110 Å². The molecule has 0 amide bonds. The van der Waals surface area contributed by atoms with Gasteiger partial charge in [-0.15, -0.1) is 0 Å². The monoisotopic (exact) mass is 376 g/mol. The van der Waals surface area contributed by atoms with Crippen LogP contribution in [-0.4, -0.2) is 50.0 Å². The predicted octanol–water partition coefficient (Wildman–Crippen LogP) is 0.869. The highest BCUT2D eigenvalue weighted by Crippen LogP contribution is 2.15. The summed E-state index contributed by atoms with van der Waals surface area (Å²) in [5.41, 5.74) is 6.33. The number of pyridine rings is 1. The molecule has 0 saturated carbocycles. The normalized spacial score (nSPS) is 10.9. The lowest BCUT2D eigenvalue weighted by molar-refractivity contribution is -0.123. The highest BCUT2D eigenvalue weighted by Gasteiger charge is 2.16. The SMILES string of the molecule is CCn1cc(C(=O)OC=O)c(=O)c2cc(CCOCCOCCN)ccc21. The van der Waals surface area contributed by atoms with Crippen molar-refractivity contribution in [2.45, 2.75) is 19.9 Å². The Morgan fingerprint density at radius 1 is 1.19 bits per heavy atom. The predicted molar refractivity (Wildman–Crippen MR) is 99.8 cm³/mol. The van der Waals surface area contributed by atoms with Crippen molar-refractivity contribution in [1.82, 2.24) is 4.57 Å². The molecule has 8 heteroatoms. The Hall–Kier alpha value is -2.55. The molecule has 2 rings (SSSR count). The number of carbonyl (C=O) groups is 2. The maximum Gasteiger partial charge on any atom is 0.351 e. The van der Waals surface area contributed by atoms with Gasteiger partial charge in [-0.1, -0.05) is 6.07 Å². The minimum Gasteiger partial charge on any atom is -0.392 e. The van der Waals surface area contributed by atoms with E-state index in [1.54, 1.807) is 10.6 Å². The molecule has 0 aliphatic rings. The average molecular weight is 376 g/mol. The maximum atomic E-state index is 12.7. The van der Waals surface area contributed by atoms with E-state index in [4.69, 9.17) is 15.2 Å². The van der Waals surface area contributed by atoms with Crippen LogP contribution < -0.4 is 11.2 Å². The second-order valence-corrected chi connectivity index (χ2v) is 5.77. The largest absolute Gasteiger partial charge is 0.392 e. The lowest BCUT2D eigenvalue weighted by atomic mass is 10.1. The maximum absolute atomic E-state index is 12.7. The first-order chi connectivity index (χ1) is 13.1. The zero-order chi connectivity index (χ0) is 19.6. The summed E-state index contributed by atoms with van der Waals surface area (Å²) in [5, 5.41) is 0.404. The second kappa shape index (κ2) is 10.6. The van der Waals surface area contributed by atoms with Crippen LogP contribution in [0.15, 0.2) is 29.2 Å². The van der Waals surface area contributed by atoms with Gasteiger partial charge in [0.25, 0.3) is 0 Å². The number of nitrogens with zero attached hydrogens (tertiary/aromatic N) is 1. The minimum atomic E-state index is -0.953. The number of aromatic nitrogens is 1. The molecular weight excluding hydrogens is 352 g/mol. The number of hydrogen-bond donors (Lipinski definition) is 1. The van der Waals surface area contributed by atoms with E-state index in [0.29, 0.717) is 56.8 Å². The van der Waals surface area contributed by atoms with Crippen molar-refractivity contribution in [3.8, 4) is 0 Å². The Kier molecular flexibility index (Phi) is 8.12. The molecule has 2 N–H and O–H groups in total. The fourth-order valence-electron chi connectivity index (χ4n) is 2.71. The summed E-state index contributed by atoms with van der Waals surface area (Å²) in [6, 6.07) is 5.51. The highest BCUT2D eigenvalue weighted by atomic mass is 16.6. The minimum absolute atomic E-state index is 0.0211. The number of ether oxygens (including phenoxy) is 3. The fraction of sp³-hybridized carbons (Fsp3) is 0.421. The molecule has 0 spiro atoms. The van der Waals surface area contributed by atoms with Crippen LogP contribution in [0, 0.1) is 0 Å². The third kappa shape index (κ3) is 5.46. The summed E-state index contributed by atoms with van der Waals surface area (Å²) in [7, 11) is 0. The first kappa shape index (κ1) is 20.8. The number of esters is 1. The van der Waals surface area contributed by atoms with Crippen molar-refractivity contribution in [3.05, 3.63) is 45.7 Å². The van der Waals surface area contributed by atoms with Gasteiger partial charge in [-0.25, -0.2) is 4.79 Å². The first-order valence-electron chi connectivity index (χ1n) is 8.78. The Morgan fingerprint density at radius 3 is 2.59 bits per heavy atom. The highest BCUT2D eigenvalue weighted by molar-refractivity contribution is 5.96. The van der Waals surface area contributed by atoms with Crippen LogP contribution in [0.25, 0.3) is 10.9 Å². The number of benzene rings is 1. The van der Waals surface area contributed by atoms with Crippen molar-refractivity contribution in [2.75, 3.05) is 33.0 Å². The molecule has 0 saturated heterocycles. The van der Waals surface area contributed by atoms with Gasteiger partial charge in [-0.2, -0.15) is 0 Å². The van der Waals surface area contributed by atoms with Crippen LogP contribution >= 0.6 is 0 Å². The molecule has 0 aliphatic heterocycles. The third-order valence-corrected chi connectivity index (χ3v) is 4.03. The van der Waals surface area contributed by atoms with E-state index in [9.17, 15) is 14.4 Å². The van der Waals surface area contributed by atoms with Crippen molar-refractivity contribution >= 4 is 23.3 Å². The Balaban J connectivity index is 2.16. The van der Waals surface area contributed by atoms with Crippen LogP contribution in [0.2, 0.25) is 0 Å². The molecule has 8 nitrogen and oxygen atoms in total. The Labute approximate surface area is 156 Å². The molecule has 0 atom stereocenters. The quantitative estimate of drug-likeness (QED) is 0.268. The van der Waals surface area contributed by atoms with E-state index in [1.807, 2.05) is 19.1 Å². The zero-order valence-corrected chi connectivity index (χ0v) is 15.3. The van der Waals surface area contributed by atoms with Crippen molar-refractivity contribution in [2.24, 2.45) is 5.73 Å². The summed E-state index contributed by atoms with van der Waals surface area (Å²) in [6.45, 7) is 4.90. The van der Waals surface area contributed by atoms with Crippen molar-refractivity contribution < 1.29 is 23.8 Å². The van der Waals surface area contributed by atoms with Gasteiger partial charge >= 0.3 is 12.4 Å². The summed E-state index contributed by atoms with van der Waals surface area (Å²) in [4.78, 5) is 34.9. The van der Waals surface area contributed by atoms with E-state index < -0.39 is 11.4 Å². The van der Waals surface area contributed by atoms with Crippen LogP contribution in [0.5, 0.6) is 0 Å². The summed E-state index contributed by atoms with van der Waals surface area (Å²) in [6.07, 6.45) is 2.03. The molecule has 0 unspecified atom stereocenters. The number of fused-ring (bicyclic) bond motifs is 1. The Bertz CT molecular complexity index is 846. The fourth-order valence-corrected chi connectivity index (χ4v) is 2.71. The number of rotatable bonds is 11. The standard InChI is InChI=1S/C19H24N2O6/c1-2-21-12-16(19(24)27-13-22)18(23)15-11-14(3-4-17(15)21)5-7-25-9-10-26-8-6-20/h3-4,11-13H,2,5-10,20H2,1H3. The molecule has 2 aromatic rings. The zero-order valence-electron chi connectivity index (χ0n) is 15.3. The van der Waals surface area contributed by atoms with E-state index in [1.165, 1.54) is 6.20 Å². The average Bonchev–Trinajstić information content (AvgIpc) is 2.68. The van der Waals surface area contributed by atoms with Crippen molar-refractivity contribution in [3.63, 3.8) is 0 Å². The molecule has 27 heavy (non-hydrogen) atoms. The van der Waals surface area contributed by atoms with Gasteiger partial charge in [0.2, 0.25) is 5.43 Å². The number of hydrogen-bond acceptors (Lipinski definition) is 7. The lowest BCUT2D eigenvalue weighted by Gasteiger charge is -2.12. The lowest BCUT2D eigenvalue weighted by Crippen LogP contribution is -2.20. The van der Waals surface area contributed by atoms with Gasteiger partial charge in [-0.05, 0) is 31.0 Å². The van der Waals surface area contributed by atoms with Gasteiger partial charge in [-0.3, -0.25) is 9.59 Å². The number of carbonyl (C=O) groups excluding carboxylic acids is 2. The van der Waals surface area contributed by atoms with Crippen molar-refractivity contribution in [1.29, 1.82) is 0 Å². The second-order valence-electron chi connectivity index (χ2n) is 5.77. The van der Waals surface area contributed by atoms with Gasteiger partial charge in [0.05, 0.1) is 31.9 Å². The smallest absolute Gasteiger partial charge is 0.351 e. The number of aryl methyl sites for hydroxylation is 1. The molecule has 0 radical (unpaired) electrons. The summed E-state index contributed by atoms with van der Waals surface area (Å²) >= 11 is 0. The number of nitrogens with two attached hydrogens (primary N) is 1. The first-order valence-corrected chi connectivity index (χ1v) is 8.78. The molecule has 146 valence electrons. The van der Waals surface area contributed by atoms with E-state index in [-0.39, 0.29) is 12.0 Å². The molecule has 1 heterocycles. The van der Waals surface area contributed by atoms with Crippen LogP contribution in [0.3, 0.4) is 0 Å². The van der Waals surface area contributed by atoms with Gasteiger partial charge in [0.15, 0.2) is 0 Å². The van der Waals surface area contributed by atoms with Crippen LogP contribution in [-0.2, 0) is 32.0 Å². The Morgan fingerprint density at radius 2 is 1.93 bits per heavy atom. The molecule has 0 bridgehead atoms. The van der Waals surface area contributed by atoms with Crippen LogP contribution in [0.1, 0.15) is 22.8 Å². The molecular formula is C19H24N2O6. The molecule has 0 aliphatic carbocycles. The van der Waals surface area contributed by atoms with E-state index >= 15 is 0 Å². The van der Waals surface area contributed by atoms with E-state index in [0.717, 1.165) is 5.56 Å². The summed E-state index contributed by atoms with van der Waals surface area (Å²) in [5.74, 6) is -0.953. The van der Waals surface area contributed by atoms with E-state index in [2.05, 4.69) is 4.74 Å². The molecule has 1 aromatic heterocycles. The summed E-state index contributed by atoms with van der Waals surface area (Å²) < 4.78 is 16.8. The van der Waals surface area contributed by atoms with Gasteiger partial charge < -0.3 is 24.5 Å². The third-order valence-electron chi connectivity index (χ3n) is 4.03. The van der Waals surface area contributed by atoms with Gasteiger partial charge in [0, 0.05) is 24.7 Å². The van der Waals surface area contributed by atoms with Crippen LogP contribution in [0.4, 0.5) is 0 Å². The van der Waals surface area contributed by atoms with Gasteiger partial charge in [0.1, 0.15) is 5.56 Å². The molecule has 0 fully saturated rings. The molecule has 1 aromatic carbocycles.